The first-order valence-electron chi connectivity index (χ1n) is 6.75. The van der Waals surface area contributed by atoms with Gasteiger partial charge in [0, 0.05) is 5.56 Å². The van der Waals surface area contributed by atoms with Crippen molar-refractivity contribution in [2.75, 3.05) is 10.8 Å². The molecule has 1 aliphatic rings. The molecule has 0 N–H and O–H groups in total. The van der Waals surface area contributed by atoms with Gasteiger partial charge in [-0.05, 0) is 25.8 Å². The minimum Gasteiger partial charge on any atom is -0.347 e. The van der Waals surface area contributed by atoms with Crippen molar-refractivity contribution in [3.63, 3.8) is 0 Å². The number of carbonyl (C=O) groups excluding carboxylic acids is 1. The number of hydrogen-bond acceptors (Lipinski definition) is 2. The molecule has 1 aromatic carbocycles. The Balaban J connectivity index is 2.57. The van der Waals surface area contributed by atoms with Crippen LogP contribution in [0.25, 0.3) is 0 Å². The van der Waals surface area contributed by atoms with Crippen molar-refractivity contribution in [3.8, 4) is 0 Å². The number of benzene rings is 1. The van der Waals surface area contributed by atoms with E-state index in [0.29, 0.717) is 0 Å². The number of ether oxygens (including phenoxy) is 1. The predicted molar refractivity (Wildman–Crippen MR) is 77.5 cm³/mol. The molecule has 1 aromatic rings. The fourth-order valence-corrected chi connectivity index (χ4v) is 3.04. The van der Waals surface area contributed by atoms with Gasteiger partial charge in [-0.2, -0.15) is 0 Å². The maximum Gasteiger partial charge on any atom is 0.244 e. The van der Waals surface area contributed by atoms with E-state index < -0.39 is 0 Å². The number of alkyl halides is 1. The molecular weight excluding hydrogens is 262 g/mol. The predicted octanol–water partition coefficient (Wildman–Crippen LogP) is 3.65. The van der Waals surface area contributed by atoms with Crippen LogP contribution in [-0.4, -0.2) is 18.0 Å². The highest BCUT2D eigenvalue weighted by atomic mass is 35.5. The van der Waals surface area contributed by atoms with Crippen LogP contribution in [0.15, 0.2) is 24.3 Å². The molecule has 0 saturated heterocycles. The lowest BCUT2D eigenvalue weighted by molar-refractivity contribution is -0.131. The van der Waals surface area contributed by atoms with Gasteiger partial charge in [-0.3, -0.25) is 9.69 Å². The van der Waals surface area contributed by atoms with Gasteiger partial charge in [0.15, 0.2) is 0 Å². The van der Waals surface area contributed by atoms with E-state index in [1.807, 2.05) is 31.2 Å². The molecule has 1 heterocycles. The third-order valence-electron chi connectivity index (χ3n) is 3.94. The van der Waals surface area contributed by atoms with Gasteiger partial charge in [-0.1, -0.05) is 32.0 Å². The molecule has 19 heavy (non-hydrogen) atoms. The summed E-state index contributed by atoms with van der Waals surface area (Å²) in [7, 11) is 0. The number of carbonyl (C=O) groups is 1. The highest BCUT2D eigenvalue weighted by Gasteiger charge is 2.42. The second-order valence-corrected chi connectivity index (χ2v) is 5.10. The molecule has 0 aliphatic carbocycles. The van der Waals surface area contributed by atoms with Gasteiger partial charge >= 0.3 is 0 Å². The van der Waals surface area contributed by atoms with E-state index in [2.05, 4.69) is 13.8 Å². The van der Waals surface area contributed by atoms with E-state index in [1.54, 1.807) is 4.90 Å². The SMILES string of the molecule is CCC1(CC)OC(C)N(C(=O)CCl)c2ccccc21. The maximum atomic E-state index is 12.0. The zero-order valence-electron chi connectivity index (χ0n) is 11.6. The molecule has 0 radical (unpaired) electrons. The summed E-state index contributed by atoms with van der Waals surface area (Å²) in [5.74, 6) is -0.157. The summed E-state index contributed by atoms with van der Waals surface area (Å²) in [5.41, 5.74) is 1.70. The fourth-order valence-electron chi connectivity index (χ4n) is 2.91. The van der Waals surface area contributed by atoms with Gasteiger partial charge < -0.3 is 4.74 Å². The number of hydrogen-bond donors (Lipinski definition) is 0. The van der Waals surface area contributed by atoms with Gasteiger partial charge in [0.2, 0.25) is 5.91 Å². The summed E-state index contributed by atoms with van der Waals surface area (Å²) in [6, 6.07) is 7.95. The summed E-state index contributed by atoms with van der Waals surface area (Å²) in [6.45, 7) is 6.14. The Hall–Kier alpha value is -1.06. The van der Waals surface area contributed by atoms with Crippen molar-refractivity contribution in [3.05, 3.63) is 29.8 Å². The van der Waals surface area contributed by atoms with E-state index in [4.69, 9.17) is 16.3 Å². The highest BCUT2D eigenvalue weighted by Crippen LogP contribution is 2.44. The van der Waals surface area contributed by atoms with E-state index in [1.165, 1.54) is 0 Å². The number of halogens is 1. The fraction of sp³-hybridized carbons (Fsp3) is 0.533. The topological polar surface area (TPSA) is 29.5 Å². The van der Waals surface area contributed by atoms with E-state index in [-0.39, 0.29) is 23.6 Å². The Morgan fingerprint density at radius 3 is 2.58 bits per heavy atom. The first-order chi connectivity index (χ1) is 9.09. The van der Waals surface area contributed by atoms with Crippen LogP contribution in [0.4, 0.5) is 5.69 Å². The van der Waals surface area contributed by atoms with E-state index in [9.17, 15) is 4.79 Å². The average Bonchev–Trinajstić information content (AvgIpc) is 2.45. The summed E-state index contributed by atoms with van der Waals surface area (Å²) >= 11 is 5.71. The number of fused-ring (bicyclic) bond motifs is 1. The number of nitrogens with zero attached hydrogens (tertiary/aromatic N) is 1. The number of anilines is 1. The van der Waals surface area contributed by atoms with Crippen LogP contribution < -0.4 is 4.90 Å². The zero-order chi connectivity index (χ0) is 14.0. The summed E-state index contributed by atoms with van der Waals surface area (Å²) in [6.07, 6.45) is 1.47. The van der Waals surface area contributed by atoms with Crippen molar-refractivity contribution in [2.45, 2.75) is 45.4 Å². The van der Waals surface area contributed by atoms with Gasteiger partial charge in [0.25, 0.3) is 0 Å². The first-order valence-corrected chi connectivity index (χ1v) is 7.28. The van der Waals surface area contributed by atoms with Crippen LogP contribution in [0, 0.1) is 0 Å². The molecule has 2 rings (SSSR count). The molecule has 0 spiro atoms. The lowest BCUT2D eigenvalue weighted by atomic mass is 9.85. The van der Waals surface area contributed by atoms with Crippen molar-refractivity contribution in [1.29, 1.82) is 0 Å². The molecule has 0 bridgehead atoms. The van der Waals surface area contributed by atoms with Gasteiger partial charge in [0.1, 0.15) is 12.1 Å². The molecule has 1 aliphatic heterocycles. The Kier molecular flexibility index (Phi) is 4.16. The number of para-hydroxylation sites is 1. The molecule has 4 heteroatoms. The van der Waals surface area contributed by atoms with E-state index in [0.717, 1.165) is 24.1 Å². The molecule has 1 unspecified atom stereocenters. The second-order valence-electron chi connectivity index (χ2n) is 4.83. The van der Waals surface area contributed by atoms with Crippen LogP contribution in [0.3, 0.4) is 0 Å². The quantitative estimate of drug-likeness (QED) is 0.792. The molecule has 0 fully saturated rings. The summed E-state index contributed by atoms with van der Waals surface area (Å²) in [4.78, 5) is 13.7. The summed E-state index contributed by atoms with van der Waals surface area (Å²) < 4.78 is 6.18. The maximum absolute atomic E-state index is 12.0. The minimum atomic E-state index is -0.306. The second kappa shape index (κ2) is 5.51. The van der Waals surface area contributed by atoms with Crippen molar-refractivity contribution >= 4 is 23.2 Å². The highest BCUT2D eigenvalue weighted by molar-refractivity contribution is 6.29. The van der Waals surface area contributed by atoms with Crippen LogP contribution in [0.2, 0.25) is 0 Å². The normalized spacial score (nSPS) is 21.1. The van der Waals surface area contributed by atoms with Crippen molar-refractivity contribution < 1.29 is 9.53 Å². The van der Waals surface area contributed by atoms with Crippen LogP contribution >= 0.6 is 11.6 Å². The van der Waals surface area contributed by atoms with Crippen molar-refractivity contribution in [2.24, 2.45) is 0 Å². The third-order valence-corrected chi connectivity index (χ3v) is 4.17. The molecular formula is C15H20ClNO2. The smallest absolute Gasteiger partial charge is 0.244 e. The Morgan fingerprint density at radius 2 is 2.00 bits per heavy atom. The Labute approximate surface area is 119 Å². The zero-order valence-corrected chi connectivity index (χ0v) is 12.4. The molecule has 0 aromatic heterocycles. The first kappa shape index (κ1) is 14.4. The van der Waals surface area contributed by atoms with Crippen LogP contribution in [-0.2, 0) is 15.1 Å². The van der Waals surface area contributed by atoms with Gasteiger partial charge in [-0.15, -0.1) is 11.6 Å². The van der Waals surface area contributed by atoms with Crippen LogP contribution in [0.5, 0.6) is 0 Å². The Bertz CT molecular complexity index is 471. The molecule has 0 saturated carbocycles. The van der Waals surface area contributed by atoms with E-state index >= 15 is 0 Å². The molecule has 104 valence electrons. The molecule has 1 amide bonds. The standard InChI is InChI=1S/C15H20ClNO2/c1-4-15(5-2)12-8-6-7-9-13(12)17(11(3)19-15)14(18)10-16/h6-9,11H,4-5,10H2,1-3H3. The van der Waals surface area contributed by atoms with Crippen LogP contribution in [0.1, 0.15) is 39.2 Å². The Morgan fingerprint density at radius 1 is 1.37 bits per heavy atom. The van der Waals surface area contributed by atoms with Gasteiger partial charge in [0.05, 0.1) is 11.3 Å². The molecule has 3 nitrogen and oxygen atoms in total. The van der Waals surface area contributed by atoms with Gasteiger partial charge in [-0.25, -0.2) is 0 Å². The lowest BCUT2D eigenvalue weighted by Crippen LogP contribution is -2.51. The lowest BCUT2D eigenvalue weighted by Gasteiger charge is -2.46. The number of rotatable bonds is 3. The average molecular weight is 282 g/mol. The van der Waals surface area contributed by atoms with Crippen molar-refractivity contribution in [1.82, 2.24) is 0 Å². The number of amides is 1. The summed E-state index contributed by atoms with van der Waals surface area (Å²) in [5, 5.41) is 0. The molecule has 1 atom stereocenters. The largest absolute Gasteiger partial charge is 0.347 e. The minimum absolute atomic E-state index is 0.0344. The monoisotopic (exact) mass is 281 g/mol. The third kappa shape index (κ3) is 2.26.